The molecule has 0 unspecified atom stereocenters. The van der Waals surface area contributed by atoms with Gasteiger partial charge in [-0.3, -0.25) is 4.79 Å². The molecular weight excluding hydrogens is 430 g/mol. The molecule has 0 radical (unpaired) electrons. The van der Waals surface area contributed by atoms with Crippen molar-refractivity contribution in [2.24, 2.45) is 4.40 Å². The summed E-state index contributed by atoms with van der Waals surface area (Å²) in [6, 6.07) is 20.7. The van der Waals surface area contributed by atoms with E-state index in [0.717, 1.165) is 10.5 Å². The molecule has 0 saturated heterocycles. The summed E-state index contributed by atoms with van der Waals surface area (Å²) in [4.78, 5) is 14.4. The minimum atomic E-state index is -3.98. The lowest BCUT2D eigenvalue weighted by molar-refractivity contribution is 0.104. The number of fused-ring (bicyclic) bond motifs is 1. The van der Waals surface area contributed by atoms with E-state index in [4.69, 9.17) is 4.74 Å². The lowest BCUT2D eigenvalue weighted by Crippen LogP contribution is -2.17. The molecule has 0 heterocycles. The fourth-order valence-corrected chi connectivity index (χ4v) is 5.01. The molecule has 0 N–H and O–H groups in total. The summed E-state index contributed by atoms with van der Waals surface area (Å²) in [5.74, 6) is 0.402. The van der Waals surface area contributed by atoms with Crippen LogP contribution in [0.25, 0.3) is 0 Å². The normalized spacial score (nSPS) is 14.8. The van der Waals surface area contributed by atoms with Crippen LogP contribution < -0.4 is 4.74 Å². The van der Waals surface area contributed by atoms with Crippen LogP contribution in [0.2, 0.25) is 0 Å². The first-order valence-electron chi connectivity index (χ1n) is 9.47. The van der Waals surface area contributed by atoms with Gasteiger partial charge in [0.05, 0.1) is 22.6 Å². The summed E-state index contributed by atoms with van der Waals surface area (Å²) in [5, 5.41) is 0. The monoisotopic (exact) mass is 449 g/mol. The van der Waals surface area contributed by atoms with Crippen LogP contribution in [-0.4, -0.2) is 27.0 Å². The molecule has 0 amide bonds. The van der Waals surface area contributed by atoms with Crippen molar-refractivity contribution in [1.82, 2.24) is 0 Å². The first-order valence-corrected chi connectivity index (χ1v) is 11.7. The standard InChI is InChI=1S/C24H19NO4S2/c1-16-7-11-18(12-8-16)30-23-15-22(20-5-3-4-6-21(20)24(23)26)25-31(27,28)19-13-9-17(29-2)10-14-19/h3-15H,1-2H3/b25-22-. The number of carbonyl (C=O) groups excluding carboxylic acids is 1. The van der Waals surface area contributed by atoms with Crippen LogP contribution >= 0.6 is 11.8 Å². The van der Waals surface area contributed by atoms with Crippen molar-refractivity contribution in [3.8, 4) is 5.75 Å². The molecule has 5 nitrogen and oxygen atoms in total. The van der Waals surface area contributed by atoms with E-state index in [9.17, 15) is 13.2 Å². The van der Waals surface area contributed by atoms with Gasteiger partial charge < -0.3 is 4.74 Å². The number of carbonyl (C=O) groups is 1. The second-order valence-corrected chi connectivity index (χ2v) is 9.64. The van der Waals surface area contributed by atoms with Crippen LogP contribution in [-0.2, 0) is 10.0 Å². The zero-order valence-corrected chi connectivity index (χ0v) is 18.5. The molecular formula is C24H19NO4S2. The molecule has 0 aromatic heterocycles. The van der Waals surface area contributed by atoms with E-state index in [1.165, 1.54) is 31.0 Å². The number of benzene rings is 3. The molecule has 0 saturated carbocycles. The number of aryl methyl sites for hydroxylation is 1. The van der Waals surface area contributed by atoms with Gasteiger partial charge in [0, 0.05) is 16.0 Å². The molecule has 156 valence electrons. The Hall–Kier alpha value is -3.16. The largest absolute Gasteiger partial charge is 0.497 e. The van der Waals surface area contributed by atoms with Crippen molar-refractivity contribution < 1.29 is 17.9 Å². The predicted octanol–water partition coefficient (Wildman–Crippen LogP) is 5.05. The van der Waals surface area contributed by atoms with Gasteiger partial charge in [0.15, 0.2) is 5.78 Å². The molecule has 3 aromatic rings. The number of hydrogen-bond acceptors (Lipinski definition) is 5. The fraction of sp³-hybridized carbons (Fsp3) is 0.0833. The first-order chi connectivity index (χ1) is 14.9. The number of allylic oxidation sites excluding steroid dienone is 2. The van der Waals surface area contributed by atoms with E-state index in [1.54, 1.807) is 42.5 Å². The van der Waals surface area contributed by atoms with E-state index in [-0.39, 0.29) is 16.4 Å². The maximum atomic E-state index is 13.0. The Morgan fingerprint density at radius 3 is 2.16 bits per heavy atom. The van der Waals surface area contributed by atoms with E-state index >= 15 is 0 Å². The van der Waals surface area contributed by atoms with Crippen LogP contribution in [0.1, 0.15) is 21.5 Å². The van der Waals surface area contributed by atoms with Crippen LogP contribution in [0.4, 0.5) is 0 Å². The molecule has 0 aliphatic heterocycles. The highest BCUT2D eigenvalue weighted by atomic mass is 32.2. The Kier molecular flexibility index (Phi) is 5.80. The van der Waals surface area contributed by atoms with Crippen LogP contribution in [0.15, 0.2) is 98.0 Å². The molecule has 0 bridgehead atoms. The van der Waals surface area contributed by atoms with Crippen LogP contribution in [0.5, 0.6) is 5.75 Å². The third-order valence-corrected chi connectivity index (χ3v) is 7.10. The highest BCUT2D eigenvalue weighted by Crippen LogP contribution is 2.34. The van der Waals surface area contributed by atoms with Gasteiger partial charge >= 0.3 is 0 Å². The van der Waals surface area contributed by atoms with Gasteiger partial charge in [-0.1, -0.05) is 53.7 Å². The Morgan fingerprint density at radius 1 is 0.871 bits per heavy atom. The summed E-state index contributed by atoms with van der Waals surface area (Å²) < 4.78 is 35.1. The molecule has 4 rings (SSSR count). The molecule has 7 heteroatoms. The van der Waals surface area contributed by atoms with E-state index in [0.29, 0.717) is 21.8 Å². The third-order valence-electron chi connectivity index (χ3n) is 4.76. The summed E-state index contributed by atoms with van der Waals surface area (Å²) in [6.45, 7) is 1.99. The van der Waals surface area contributed by atoms with Gasteiger partial charge in [0.2, 0.25) is 0 Å². The van der Waals surface area contributed by atoms with Crippen molar-refractivity contribution in [3.63, 3.8) is 0 Å². The van der Waals surface area contributed by atoms with Gasteiger partial charge in [-0.2, -0.15) is 12.8 Å². The number of ether oxygens (including phenoxy) is 1. The number of thioether (sulfide) groups is 1. The number of Topliss-reactive ketones (excluding diaryl/α,β-unsaturated/α-hetero) is 1. The van der Waals surface area contributed by atoms with Gasteiger partial charge in [-0.05, 0) is 49.4 Å². The Morgan fingerprint density at radius 2 is 1.52 bits per heavy atom. The van der Waals surface area contributed by atoms with Gasteiger partial charge in [-0.15, -0.1) is 0 Å². The van der Waals surface area contributed by atoms with Crippen molar-refractivity contribution in [2.45, 2.75) is 16.7 Å². The lowest BCUT2D eigenvalue weighted by Gasteiger charge is -2.17. The second-order valence-electron chi connectivity index (χ2n) is 6.93. The smallest absolute Gasteiger partial charge is 0.282 e. The Labute approximate surface area is 185 Å². The topological polar surface area (TPSA) is 72.8 Å². The minimum Gasteiger partial charge on any atom is -0.497 e. The van der Waals surface area contributed by atoms with Gasteiger partial charge in [-0.25, -0.2) is 0 Å². The lowest BCUT2D eigenvalue weighted by atomic mass is 9.94. The summed E-state index contributed by atoms with van der Waals surface area (Å²) in [6.07, 6.45) is 1.55. The summed E-state index contributed by atoms with van der Waals surface area (Å²) in [7, 11) is -2.47. The third kappa shape index (κ3) is 4.47. The SMILES string of the molecule is COc1ccc(S(=O)(=O)/N=C2/C=C(Sc3ccc(C)cc3)C(=O)c3ccccc32)cc1. The number of sulfonamides is 1. The van der Waals surface area contributed by atoms with Crippen molar-refractivity contribution in [2.75, 3.05) is 7.11 Å². The van der Waals surface area contributed by atoms with Crippen molar-refractivity contribution >= 4 is 33.3 Å². The number of ketones is 1. The van der Waals surface area contributed by atoms with E-state index < -0.39 is 10.0 Å². The Bertz CT molecular complexity index is 1310. The van der Waals surface area contributed by atoms with Crippen LogP contribution in [0.3, 0.4) is 0 Å². The number of nitrogens with zero attached hydrogens (tertiary/aromatic N) is 1. The second kappa shape index (κ2) is 8.53. The highest BCUT2D eigenvalue weighted by Gasteiger charge is 2.26. The molecule has 31 heavy (non-hydrogen) atoms. The van der Waals surface area contributed by atoms with Crippen molar-refractivity contribution in [3.05, 3.63) is 100 Å². The molecule has 3 aromatic carbocycles. The predicted molar refractivity (Wildman–Crippen MR) is 123 cm³/mol. The summed E-state index contributed by atoms with van der Waals surface area (Å²) >= 11 is 1.29. The zero-order chi connectivity index (χ0) is 22.0. The Balaban J connectivity index is 1.78. The molecule has 1 aliphatic rings. The van der Waals surface area contributed by atoms with Crippen molar-refractivity contribution in [1.29, 1.82) is 0 Å². The average Bonchev–Trinajstić information content (AvgIpc) is 2.78. The van der Waals surface area contributed by atoms with E-state index in [2.05, 4.69) is 4.40 Å². The molecule has 0 atom stereocenters. The molecule has 0 spiro atoms. The fourth-order valence-electron chi connectivity index (χ4n) is 3.12. The number of methoxy groups -OCH3 is 1. The maximum Gasteiger partial charge on any atom is 0.282 e. The molecule has 0 fully saturated rings. The maximum absolute atomic E-state index is 13.0. The van der Waals surface area contributed by atoms with Gasteiger partial charge in [0.25, 0.3) is 10.0 Å². The molecule has 1 aliphatic carbocycles. The minimum absolute atomic E-state index is 0.0521. The summed E-state index contributed by atoms with van der Waals surface area (Å²) in [5.41, 5.74) is 2.29. The average molecular weight is 450 g/mol. The number of rotatable bonds is 5. The van der Waals surface area contributed by atoms with Gasteiger partial charge in [0.1, 0.15) is 5.75 Å². The quantitative estimate of drug-likeness (QED) is 0.545. The number of hydrogen-bond donors (Lipinski definition) is 0. The highest BCUT2D eigenvalue weighted by molar-refractivity contribution is 8.04. The van der Waals surface area contributed by atoms with E-state index in [1.807, 2.05) is 31.2 Å². The van der Waals surface area contributed by atoms with Crippen LogP contribution in [0, 0.1) is 6.92 Å². The first kappa shape index (κ1) is 21.1. The zero-order valence-electron chi connectivity index (χ0n) is 16.9.